The molecular formula is C14H25N3O3. The van der Waals surface area contributed by atoms with Crippen LogP contribution < -0.4 is 10.6 Å². The van der Waals surface area contributed by atoms with E-state index in [1.807, 2.05) is 6.92 Å². The predicted octanol–water partition coefficient (Wildman–Crippen LogP) is 0.866. The van der Waals surface area contributed by atoms with Crippen molar-refractivity contribution in [2.75, 3.05) is 26.2 Å². The molecule has 6 nitrogen and oxygen atoms in total. The number of carbonyl (C=O) groups is 2. The van der Waals surface area contributed by atoms with Gasteiger partial charge in [-0.3, -0.25) is 4.79 Å². The second-order valence-corrected chi connectivity index (χ2v) is 5.47. The third-order valence-corrected chi connectivity index (χ3v) is 3.99. The molecule has 2 saturated heterocycles. The van der Waals surface area contributed by atoms with Gasteiger partial charge in [-0.1, -0.05) is 0 Å². The van der Waals surface area contributed by atoms with Crippen molar-refractivity contribution in [1.29, 1.82) is 0 Å². The first kappa shape index (κ1) is 15.1. The highest BCUT2D eigenvalue weighted by molar-refractivity contribution is 5.81. The molecule has 2 heterocycles. The first-order valence-electron chi connectivity index (χ1n) is 7.66. The number of nitrogens with one attached hydrogen (secondary N) is 2. The fourth-order valence-electron chi connectivity index (χ4n) is 2.83. The van der Waals surface area contributed by atoms with E-state index in [2.05, 4.69) is 10.6 Å². The Morgan fingerprint density at radius 1 is 1.35 bits per heavy atom. The van der Waals surface area contributed by atoms with Crippen LogP contribution in [0.2, 0.25) is 0 Å². The van der Waals surface area contributed by atoms with Crippen LogP contribution in [0.25, 0.3) is 0 Å². The van der Waals surface area contributed by atoms with Crippen LogP contribution >= 0.6 is 0 Å². The van der Waals surface area contributed by atoms with Crippen LogP contribution in [-0.4, -0.2) is 55.2 Å². The Hall–Kier alpha value is -1.30. The third kappa shape index (κ3) is 4.10. The largest absolute Gasteiger partial charge is 0.450 e. The molecule has 0 aromatic carbocycles. The van der Waals surface area contributed by atoms with E-state index in [4.69, 9.17) is 4.74 Å². The van der Waals surface area contributed by atoms with Crippen LogP contribution in [-0.2, 0) is 9.53 Å². The Balaban J connectivity index is 1.76. The summed E-state index contributed by atoms with van der Waals surface area (Å²) in [7, 11) is 0. The van der Waals surface area contributed by atoms with Crippen molar-refractivity contribution in [2.24, 2.45) is 0 Å². The molecule has 2 aliphatic heterocycles. The average molecular weight is 283 g/mol. The fraction of sp³-hybridized carbons (Fsp3) is 0.857. The summed E-state index contributed by atoms with van der Waals surface area (Å²) in [5.74, 6) is 0.121. The zero-order valence-electron chi connectivity index (χ0n) is 12.2. The van der Waals surface area contributed by atoms with Gasteiger partial charge in [-0.05, 0) is 39.0 Å². The molecule has 0 aromatic rings. The summed E-state index contributed by atoms with van der Waals surface area (Å²) in [5, 5.41) is 6.39. The van der Waals surface area contributed by atoms with Gasteiger partial charge in [0.1, 0.15) is 0 Å². The van der Waals surface area contributed by atoms with Crippen LogP contribution in [0, 0.1) is 0 Å². The summed E-state index contributed by atoms with van der Waals surface area (Å²) < 4.78 is 5.00. The maximum absolute atomic E-state index is 11.9. The molecule has 2 amide bonds. The molecule has 0 radical (unpaired) electrons. The van der Waals surface area contributed by atoms with E-state index in [0.29, 0.717) is 25.7 Å². The molecule has 0 spiro atoms. The molecule has 2 N–H and O–H groups in total. The lowest BCUT2D eigenvalue weighted by Crippen LogP contribution is -2.51. The lowest BCUT2D eigenvalue weighted by molar-refractivity contribution is -0.123. The standard InChI is InChI=1S/C14H25N3O3/c1-2-20-14(19)17-9-6-11(7-10-17)16-12-5-3-4-8-15-13(12)18/h11-12,16H,2-10H2,1H3,(H,15,18). The molecule has 114 valence electrons. The Labute approximate surface area is 120 Å². The van der Waals surface area contributed by atoms with E-state index in [0.717, 1.165) is 38.6 Å². The van der Waals surface area contributed by atoms with Gasteiger partial charge in [-0.2, -0.15) is 0 Å². The summed E-state index contributed by atoms with van der Waals surface area (Å²) in [5.41, 5.74) is 0. The van der Waals surface area contributed by atoms with Crippen LogP contribution in [0.5, 0.6) is 0 Å². The van der Waals surface area contributed by atoms with E-state index in [1.54, 1.807) is 4.90 Å². The molecule has 0 saturated carbocycles. The van der Waals surface area contributed by atoms with Crippen LogP contribution in [0.3, 0.4) is 0 Å². The van der Waals surface area contributed by atoms with E-state index in [9.17, 15) is 9.59 Å². The minimum absolute atomic E-state index is 0.0726. The highest BCUT2D eigenvalue weighted by atomic mass is 16.6. The summed E-state index contributed by atoms with van der Waals surface area (Å²) in [6.45, 7) is 4.42. The molecule has 0 aromatic heterocycles. The topological polar surface area (TPSA) is 70.7 Å². The Kier molecular flexibility index (Phi) is 5.64. The van der Waals surface area contributed by atoms with Crippen molar-refractivity contribution in [1.82, 2.24) is 15.5 Å². The van der Waals surface area contributed by atoms with Gasteiger partial charge in [0.15, 0.2) is 0 Å². The Morgan fingerprint density at radius 2 is 2.10 bits per heavy atom. The van der Waals surface area contributed by atoms with Gasteiger partial charge in [0, 0.05) is 25.7 Å². The van der Waals surface area contributed by atoms with Crippen molar-refractivity contribution in [3.63, 3.8) is 0 Å². The van der Waals surface area contributed by atoms with E-state index in [1.165, 1.54) is 0 Å². The molecule has 20 heavy (non-hydrogen) atoms. The molecule has 0 aliphatic carbocycles. The fourth-order valence-corrected chi connectivity index (χ4v) is 2.83. The molecular weight excluding hydrogens is 258 g/mol. The van der Waals surface area contributed by atoms with Crippen molar-refractivity contribution in [3.8, 4) is 0 Å². The lowest BCUT2D eigenvalue weighted by Gasteiger charge is -2.33. The number of carbonyl (C=O) groups excluding carboxylic acids is 2. The summed E-state index contributed by atoms with van der Waals surface area (Å²) >= 11 is 0. The summed E-state index contributed by atoms with van der Waals surface area (Å²) in [6.07, 6.45) is 4.58. The van der Waals surface area contributed by atoms with Gasteiger partial charge in [-0.25, -0.2) is 4.79 Å². The molecule has 2 rings (SSSR count). The normalized spacial score (nSPS) is 24.9. The van der Waals surface area contributed by atoms with Gasteiger partial charge in [0.2, 0.25) is 5.91 Å². The second-order valence-electron chi connectivity index (χ2n) is 5.47. The summed E-state index contributed by atoms with van der Waals surface area (Å²) in [4.78, 5) is 25.2. The predicted molar refractivity (Wildman–Crippen MR) is 75.4 cm³/mol. The monoisotopic (exact) mass is 283 g/mol. The number of nitrogens with zero attached hydrogens (tertiary/aromatic N) is 1. The first-order chi connectivity index (χ1) is 9.70. The quantitative estimate of drug-likeness (QED) is 0.806. The number of likely N-dealkylation sites (tertiary alicyclic amines) is 1. The number of ether oxygens (including phenoxy) is 1. The second kappa shape index (κ2) is 7.47. The Morgan fingerprint density at radius 3 is 2.80 bits per heavy atom. The number of hydrogen-bond acceptors (Lipinski definition) is 4. The molecule has 1 atom stereocenters. The average Bonchev–Trinajstić information content (AvgIpc) is 2.65. The van der Waals surface area contributed by atoms with Crippen molar-refractivity contribution < 1.29 is 14.3 Å². The van der Waals surface area contributed by atoms with Crippen molar-refractivity contribution in [2.45, 2.75) is 51.1 Å². The molecule has 6 heteroatoms. The van der Waals surface area contributed by atoms with Gasteiger partial charge in [-0.15, -0.1) is 0 Å². The number of amides is 2. The number of piperidine rings is 1. The molecule has 2 aliphatic rings. The summed E-state index contributed by atoms with van der Waals surface area (Å²) in [6, 6.07) is 0.242. The van der Waals surface area contributed by atoms with Gasteiger partial charge in [0.25, 0.3) is 0 Å². The van der Waals surface area contributed by atoms with E-state index < -0.39 is 0 Å². The van der Waals surface area contributed by atoms with E-state index in [-0.39, 0.29) is 18.0 Å². The molecule has 0 bridgehead atoms. The highest BCUT2D eigenvalue weighted by Crippen LogP contribution is 2.14. The van der Waals surface area contributed by atoms with Crippen molar-refractivity contribution in [3.05, 3.63) is 0 Å². The number of rotatable bonds is 3. The molecule has 1 unspecified atom stereocenters. The third-order valence-electron chi connectivity index (χ3n) is 3.99. The maximum atomic E-state index is 11.9. The zero-order valence-corrected chi connectivity index (χ0v) is 12.2. The van der Waals surface area contributed by atoms with E-state index >= 15 is 0 Å². The van der Waals surface area contributed by atoms with Crippen LogP contribution in [0.15, 0.2) is 0 Å². The zero-order chi connectivity index (χ0) is 14.4. The van der Waals surface area contributed by atoms with Crippen LogP contribution in [0.4, 0.5) is 4.79 Å². The minimum atomic E-state index is -0.224. The van der Waals surface area contributed by atoms with Gasteiger partial charge < -0.3 is 20.3 Å². The lowest BCUT2D eigenvalue weighted by atomic mass is 10.0. The number of hydrogen-bond donors (Lipinski definition) is 2. The first-order valence-corrected chi connectivity index (χ1v) is 7.66. The maximum Gasteiger partial charge on any atom is 0.409 e. The smallest absolute Gasteiger partial charge is 0.409 e. The molecule has 2 fully saturated rings. The highest BCUT2D eigenvalue weighted by Gasteiger charge is 2.28. The van der Waals surface area contributed by atoms with Gasteiger partial charge in [0.05, 0.1) is 12.6 Å². The van der Waals surface area contributed by atoms with Crippen LogP contribution in [0.1, 0.15) is 39.0 Å². The SMILES string of the molecule is CCOC(=O)N1CCC(NC2CCCCNC2=O)CC1. The van der Waals surface area contributed by atoms with Crippen molar-refractivity contribution >= 4 is 12.0 Å². The van der Waals surface area contributed by atoms with Gasteiger partial charge >= 0.3 is 6.09 Å². The Bertz CT molecular complexity index is 341. The minimum Gasteiger partial charge on any atom is -0.450 e.